The van der Waals surface area contributed by atoms with Crippen molar-refractivity contribution >= 4 is 0 Å². The SMILES string of the molecule is CC(C)Cc1nc(CN2CC(CO)OC(C)(C)C2)no1. The van der Waals surface area contributed by atoms with Crippen LogP contribution < -0.4 is 0 Å². The van der Waals surface area contributed by atoms with Gasteiger partial charge in [-0.1, -0.05) is 19.0 Å². The maximum absolute atomic E-state index is 9.31. The van der Waals surface area contributed by atoms with Gasteiger partial charge in [0.05, 0.1) is 24.9 Å². The van der Waals surface area contributed by atoms with Crippen LogP contribution in [-0.4, -0.2) is 51.5 Å². The van der Waals surface area contributed by atoms with E-state index in [1.165, 1.54) is 0 Å². The van der Waals surface area contributed by atoms with E-state index in [2.05, 4.69) is 28.9 Å². The molecular formula is C14H25N3O3. The van der Waals surface area contributed by atoms with Crippen LogP contribution in [0.4, 0.5) is 0 Å². The van der Waals surface area contributed by atoms with Crippen molar-refractivity contribution in [3.05, 3.63) is 11.7 Å². The van der Waals surface area contributed by atoms with Gasteiger partial charge in [0.2, 0.25) is 5.89 Å². The molecule has 1 atom stereocenters. The molecule has 20 heavy (non-hydrogen) atoms. The second-order valence-electron chi connectivity index (χ2n) is 6.55. The molecule has 6 heteroatoms. The Kier molecular flexibility index (Phi) is 4.78. The number of aliphatic hydroxyl groups excluding tert-OH is 1. The third-order valence-electron chi connectivity index (χ3n) is 3.21. The average Bonchev–Trinajstić information content (AvgIpc) is 2.73. The van der Waals surface area contributed by atoms with Crippen molar-refractivity contribution in [1.82, 2.24) is 15.0 Å². The lowest BCUT2D eigenvalue weighted by molar-refractivity contribution is -0.151. The molecule has 0 aromatic carbocycles. The molecule has 2 heterocycles. The summed E-state index contributed by atoms with van der Waals surface area (Å²) in [5.74, 6) is 1.90. The van der Waals surface area contributed by atoms with Crippen molar-refractivity contribution in [1.29, 1.82) is 0 Å². The van der Waals surface area contributed by atoms with Crippen LogP contribution in [0.5, 0.6) is 0 Å². The zero-order chi connectivity index (χ0) is 14.8. The van der Waals surface area contributed by atoms with E-state index in [-0.39, 0.29) is 18.3 Å². The Morgan fingerprint density at radius 1 is 1.45 bits per heavy atom. The van der Waals surface area contributed by atoms with Gasteiger partial charge in [-0.25, -0.2) is 0 Å². The standard InChI is InChI=1S/C14H25N3O3/c1-10(2)5-13-15-12(16-20-13)7-17-6-11(8-18)19-14(3,4)9-17/h10-11,18H,5-9H2,1-4H3. The molecule has 2 rings (SSSR count). The highest BCUT2D eigenvalue weighted by molar-refractivity contribution is 4.91. The molecule has 0 amide bonds. The number of morpholine rings is 1. The third-order valence-corrected chi connectivity index (χ3v) is 3.21. The molecule has 0 saturated carbocycles. The highest BCUT2D eigenvalue weighted by Crippen LogP contribution is 2.22. The van der Waals surface area contributed by atoms with Crippen LogP contribution in [-0.2, 0) is 17.7 Å². The molecule has 114 valence electrons. The van der Waals surface area contributed by atoms with Gasteiger partial charge >= 0.3 is 0 Å². The molecule has 1 fully saturated rings. The zero-order valence-corrected chi connectivity index (χ0v) is 12.8. The molecule has 1 aliphatic rings. The van der Waals surface area contributed by atoms with Gasteiger partial charge in [0.15, 0.2) is 5.82 Å². The molecule has 0 spiro atoms. The van der Waals surface area contributed by atoms with Gasteiger partial charge in [0.25, 0.3) is 0 Å². The number of rotatable bonds is 5. The van der Waals surface area contributed by atoms with Crippen molar-refractivity contribution in [2.24, 2.45) is 5.92 Å². The van der Waals surface area contributed by atoms with E-state index in [9.17, 15) is 5.11 Å². The first kappa shape index (κ1) is 15.4. The molecule has 1 aromatic heterocycles. The van der Waals surface area contributed by atoms with Crippen molar-refractivity contribution in [2.45, 2.75) is 52.4 Å². The maximum Gasteiger partial charge on any atom is 0.226 e. The van der Waals surface area contributed by atoms with Crippen LogP contribution in [0.1, 0.15) is 39.4 Å². The highest BCUT2D eigenvalue weighted by Gasteiger charge is 2.33. The fraction of sp³-hybridized carbons (Fsp3) is 0.857. The quantitative estimate of drug-likeness (QED) is 0.876. The molecule has 1 aromatic rings. The predicted octanol–water partition coefficient (Wildman–Crippen LogP) is 1.24. The third kappa shape index (κ3) is 4.26. The summed E-state index contributed by atoms with van der Waals surface area (Å²) < 4.78 is 11.0. The number of aliphatic hydroxyl groups is 1. The first-order valence-electron chi connectivity index (χ1n) is 7.20. The summed E-state index contributed by atoms with van der Waals surface area (Å²) in [7, 11) is 0. The molecule has 1 N–H and O–H groups in total. The van der Waals surface area contributed by atoms with E-state index in [0.717, 1.165) is 13.0 Å². The first-order valence-corrected chi connectivity index (χ1v) is 7.20. The van der Waals surface area contributed by atoms with E-state index >= 15 is 0 Å². The van der Waals surface area contributed by atoms with Gasteiger partial charge < -0.3 is 14.4 Å². The van der Waals surface area contributed by atoms with Crippen molar-refractivity contribution < 1.29 is 14.4 Å². The van der Waals surface area contributed by atoms with Crippen LogP contribution in [0.15, 0.2) is 4.52 Å². The smallest absolute Gasteiger partial charge is 0.226 e. The molecule has 1 saturated heterocycles. The molecule has 6 nitrogen and oxygen atoms in total. The molecule has 0 bridgehead atoms. The molecular weight excluding hydrogens is 258 g/mol. The van der Waals surface area contributed by atoms with Crippen LogP contribution in [0.2, 0.25) is 0 Å². The maximum atomic E-state index is 9.31. The number of hydrogen-bond donors (Lipinski definition) is 1. The van der Waals surface area contributed by atoms with Crippen LogP contribution in [0, 0.1) is 5.92 Å². The Hall–Kier alpha value is -0.980. The van der Waals surface area contributed by atoms with E-state index in [1.54, 1.807) is 0 Å². The number of ether oxygens (including phenoxy) is 1. The van der Waals surface area contributed by atoms with Gasteiger partial charge in [-0.2, -0.15) is 4.98 Å². The lowest BCUT2D eigenvalue weighted by Gasteiger charge is -2.41. The first-order chi connectivity index (χ1) is 9.38. The van der Waals surface area contributed by atoms with Crippen LogP contribution in [0.25, 0.3) is 0 Å². The topological polar surface area (TPSA) is 71.6 Å². The Balaban J connectivity index is 1.96. The van der Waals surface area contributed by atoms with E-state index in [4.69, 9.17) is 9.26 Å². The minimum atomic E-state index is -0.268. The van der Waals surface area contributed by atoms with Crippen molar-refractivity contribution in [2.75, 3.05) is 19.7 Å². The van der Waals surface area contributed by atoms with Crippen LogP contribution >= 0.6 is 0 Å². The summed E-state index contributed by atoms with van der Waals surface area (Å²) >= 11 is 0. The minimum Gasteiger partial charge on any atom is -0.394 e. The van der Waals surface area contributed by atoms with E-state index < -0.39 is 0 Å². The normalized spacial score (nSPS) is 23.4. The molecule has 0 aliphatic carbocycles. The number of hydrogen-bond acceptors (Lipinski definition) is 6. The Labute approximate surface area is 120 Å². The highest BCUT2D eigenvalue weighted by atomic mass is 16.5. The summed E-state index contributed by atoms with van der Waals surface area (Å²) in [6.07, 6.45) is 0.654. The summed E-state index contributed by atoms with van der Waals surface area (Å²) in [4.78, 5) is 6.62. The summed E-state index contributed by atoms with van der Waals surface area (Å²) in [5.41, 5.74) is -0.268. The Morgan fingerprint density at radius 2 is 2.20 bits per heavy atom. The molecule has 0 radical (unpaired) electrons. The van der Waals surface area contributed by atoms with E-state index in [1.807, 2.05) is 13.8 Å². The average molecular weight is 283 g/mol. The number of aromatic nitrogens is 2. The molecule has 1 aliphatic heterocycles. The summed E-state index contributed by atoms with van der Waals surface area (Å²) in [6, 6.07) is 0. The van der Waals surface area contributed by atoms with E-state index in [0.29, 0.717) is 30.7 Å². The fourth-order valence-corrected chi connectivity index (χ4v) is 2.62. The summed E-state index contributed by atoms with van der Waals surface area (Å²) in [5, 5.41) is 13.3. The fourth-order valence-electron chi connectivity index (χ4n) is 2.62. The Bertz CT molecular complexity index is 431. The number of nitrogens with zero attached hydrogens (tertiary/aromatic N) is 3. The second kappa shape index (κ2) is 6.20. The largest absolute Gasteiger partial charge is 0.394 e. The Morgan fingerprint density at radius 3 is 2.85 bits per heavy atom. The predicted molar refractivity (Wildman–Crippen MR) is 74.2 cm³/mol. The van der Waals surface area contributed by atoms with Crippen molar-refractivity contribution in [3.8, 4) is 0 Å². The molecule has 1 unspecified atom stereocenters. The minimum absolute atomic E-state index is 0.0325. The van der Waals surface area contributed by atoms with Gasteiger partial charge in [-0.15, -0.1) is 0 Å². The van der Waals surface area contributed by atoms with Gasteiger partial charge in [0, 0.05) is 19.5 Å². The van der Waals surface area contributed by atoms with Gasteiger partial charge in [-0.05, 0) is 19.8 Å². The van der Waals surface area contributed by atoms with Crippen LogP contribution in [0.3, 0.4) is 0 Å². The lowest BCUT2D eigenvalue weighted by atomic mass is 10.1. The lowest BCUT2D eigenvalue weighted by Crippen LogP contribution is -2.53. The van der Waals surface area contributed by atoms with Crippen molar-refractivity contribution in [3.63, 3.8) is 0 Å². The van der Waals surface area contributed by atoms with Gasteiger partial charge in [-0.3, -0.25) is 4.90 Å². The summed E-state index contributed by atoms with van der Waals surface area (Å²) in [6.45, 7) is 10.5. The van der Waals surface area contributed by atoms with Gasteiger partial charge in [0.1, 0.15) is 0 Å². The monoisotopic (exact) mass is 283 g/mol. The zero-order valence-electron chi connectivity index (χ0n) is 12.8. The second-order valence-corrected chi connectivity index (χ2v) is 6.55.